The molecule has 1 aromatic rings. The summed E-state index contributed by atoms with van der Waals surface area (Å²) in [7, 11) is 0. The lowest BCUT2D eigenvalue weighted by molar-refractivity contribution is 0.367. The molecule has 0 radical (unpaired) electrons. The Morgan fingerprint density at radius 1 is 0.947 bits per heavy atom. The van der Waals surface area contributed by atoms with Crippen molar-refractivity contribution < 1.29 is 8.78 Å². The van der Waals surface area contributed by atoms with Crippen molar-refractivity contribution in [3.05, 3.63) is 34.4 Å². The quantitative estimate of drug-likeness (QED) is 0.447. The normalized spacial score (nSPS) is 19.8. The van der Waals surface area contributed by atoms with Gasteiger partial charge >= 0.3 is 0 Å². The highest BCUT2D eigenvalue weighted by Gasteiger charge is 2.24. The summed E-state index contributed by atoms with van der Waals surface area (Å²) >= 11 is 12.5. The van der Waals surface area contributed by atoms with Gasteiger partial charge in [-0.1, -0.05) is 43.7 Å². The summed E-state index contributed by atoms with van der Waals surface area (Å²) in [4.78, 5) is 0. The monoisotopic (exact) mass is 306 g/mol. The van der Waals surface area contributed by atoms with E-state index in [1.165, 1.54) is 19.3 Å². The lowest BCUT2D eigenvalue weighted by atomic mass is 9.86. The molecule has 0 nitrogen and oxygen atoms in total. The Kier molecular flexibility index (Phi) is 5.47. The maximum atomic E-state index is 13.3. The molecule has 1 atom stereocenters. The molecule has 1 aliphatic carbocycles. The number of hydrogen-bond donors (Lipinski definition) is 0. The standard InChI is InChI=1S/C15H18Cl2F2/c16-12-9-14(19)13(18)8-11(12)15(17)10-6-4-2-1-3-5-7-10/h8-10,15H,1-7H2. The maximum absolute atomic E-state index is 13.3. The van der Waals surface area contributed by atoms with Crippen molar-refractivity contribution in [2.24, 2.45) is 5.92 Å². The first-order valence-electron chi connectivity index (χ1n) is 6.88. The van der Waals surface area contributed by atoms with Crippen LogP contribution in [0.1, 0.15) is 55.9 Å². The Morgan fingerprint density at radius 2 is 1.47 bits per heavy atom. The van der Waals surface area contributed by atoms with E-state index in [4.69, 9.17) is 23.2 Å². The molecule has 1 aromatic carbocycles. The van der Waals surface area contributed by atoms with Gasteiger partial charge in [0.1, 0.15) is 0 Å². The SMILES string of the molecule is Fc1cc(Cl)c(C(Cl)C2CCCCCCC2)cc1F. The molecule has 1 unspecified atom stereocenters. The van der Waals surface area contributed by atoms with Crippen molar-refractivity contribution in [1.29, 1.82) is 0 Å². The summed E-state index contributed by atoms with van der Waals surface area (Å²) in [6.45, 7) is 0. The van der Waals surface area contributed by atoms with Crippen LogP contribution in [0.2, 0.25) is 5.02 Å². The third-order valence-corrected chi connectivity index (χ3v) is 4.82. The van der Waals surface area contributed by atoms with Gasteiger partial charge < -0.3 is 0 Å². The van der Waals surface area contributed by atoms with Crippen LogP contribution in [0.4, 0.5) is 8.78 Å². The lowest BCUT2D eigenvalue weighted by Gasteiger charge is -2.25. The first-order chi connectivity index (χ1) is 9.09. The summed E-state index contributed by atoms with van der Waals surface area (Å²) in [5, 5.41) is -0.110. The van der Waals surface area contributed by atoms with E-state index in [1.54, 1.807) is 0 Å². The molecule has 0 N–H and O–H groups in total. The van der Waals surface area contributed by atoms with Crippen LogP contribution in [0.25, 0.3) is 0 Å². The van der Waals surface area contributed by atoms with Crippen molar-refractivity contribution in [1.82, 2.24) is 0 Å². The average molecular weight is 307 g/mol. The van der Waals surface area contributed by atoms with Crippen LogP contribution in [0.15, 0.2) is 12.1 Å². The fraction of sp³-hybridized carbons (Fsp3) is 0.600. The van der Waals surface area contributed by atoms with Gasteiger partial charge in [-0.15, -0.1) is 11.6 Å². The highest BCUT2D eigenvalue weighted by Crippen LogP contribution is 2.40. The molecule has 19 heavy (non-hydrogen) atoms. The smallest absolute Gasteiger partial charge is 0.160 e. The molecule has 0 amide bonds. The Morgan fingerprint density at radius 3 is 2.11 bits per heavy atom. The van der Waals surface area contributed by atoms with E-state index < -0.39 is 11.6 Å². The molecule has 0 aromatic heterocycles. The van der Waals surface area contributed by atoms with E-state index in [-0.39, 0.29) is 10.4 Å². The van der Waals surface area contributed by atoms with Crippen LogP contribution in [-0.4, -0.2) is 0 Å². The molecule has 2 rings (SSSR count). The summed E-state index contributed by atoms with van der Waals surface area (Å²) in [6.07, 6.45) is 8.10. The van der Waals surface area contributed by atoms with Crippen LogP contribution in [0.5, 0.6) is 0 Å². The van der Waals surface area contributed by atoms with Crippen LogP contribution in [0.3, 0.4) is 0 Å². The number of alkyl halides is 1. The van der Waals surface area contributed by atoms with Crippen LogP contribution in [0, 0.1) is 17.6 Å². The fourth-order valence-corrected chi connectivity index (χ4v) is 3.54. The zero-order valence-electron chi connectivity index (χ0n) is 10.8. The molecule has 0 aliphatic heterocycles. The van der Waals surface area contributed by atoms with Gasteiger partial charge in [0.15, 0.2) is 11.6 Å². The highest BCUT2D eigenvalue weighted by molar-refractivity contribution is 6.32. The van der Waals surface area contributed by atoms with Crippen LogP contribution < -0.4 is 0 Å². The average Bonchev–Trinajstić information content (AvgIpc) is 2.32. The first kappa shape index (κ1) is 15.1. The van der Waals surface area contributed by atoms with Gasteiger partial charge in [0.05, 0.1) is 5.38 Å². The zero-order valence-corrected chi connectivity index (χ0v) is 12.3. The van der Waals surface area contributed by atoms with E-state index in [0.717, 1.165) is 37.8 Å². The maximum Gasteiger partial charge on any atom is 0.160 e. The van der Waals surface area contributed by atoms with Crippen LogP contribution in [-0.2, 0) is 0 Å². The van der Waals surface area contributed by atoms with Crippen molar-refractivity contribution in [2.75, 3.05) is 0 Å². The Hall–Kier alpha value is -0.340. The Bertz CT molecular complexity index is 426. The van der Waals surface area contributed by atoms with Gasteiger partial charge in [-0.25, -0.2) is 8.78 Å². The van der Waals surface area contributed by atoms with Crippen LogP contribution >= 0.6 is 23.2 Å². The number of halogens is 4. The Labute approximate surface area is 123 Å². The summed E-state index contributed by atoms with van der Waals surface area (Å²) in [5.41, 5.74) is 0.521. The van der Waals surface area contributed by atoms with E-state index in [9.17, 15) is 8.78 Å². The molecule has 0 saturated heterocycles. The first-order valence-corrected chi connectivity index (χ1v) is 7.69. The molecule has 1 fully saturated rings. The van der Waals surface area contributed by atoms with Gasteiger partial charge in [-0.3, -0.25) is 0 Å². The highest BCUT2D eigenvalue weighted by atomic mass is 35.5. The van der Waals surface area contributed by atoms with Gasteiger partial charge in [0.2, 0.25) is 0 Å². The molecule has 0 heterocycles. The predicted molar refractivity (Wildman–Crippen MR) is 75.8 cm³/mol. The summed E-state index contributed by atoms with van der Waals surface area (Å²) in [6, 6.07) is 2.17. The van der Waals surface area contributed by atoms with E-state index in [0.29, 0.717) is 11.5 Å². The summed E-state index contributed by atoms with van der Waals surface area (Å²) < 4.78 is 26.4. The third kappa shape index (κ3) is 3.82. The van der Waals surface area contributed by atoms with E-state index in [2.05, 4.69) is 0 Å². The van der Waals surface area contributed by atoms with E-state index in [1.807, 2.05) is 0 Å². The molecule has 1 saturated carbocycles. The van der Waals surface area contributed by atoms with Gasteiger partial charge in [-0.05, 0) is 36.5 Å². The van der Waals surface area contributed by atoms with Crippen molar-refractivity contribution >= 4 is 23.2 Å². The number of rotatable bonds is 2. The van der Waals surface area contributed by atoms with Crippen molar-refractivity contribution in [2.45, 2.75) is 50.3 Å². The molecule has 106 valence electrons. The minimum absolute atomic E-state index is 0.223. The second kappa shape index (κ2) is 6.90. The second-order valence-corrected chi connectivity index (χ2v) is 6.17. The van der Waals surface area contributed by atoms with Crippen molar-refractivity contribution in [3.8, 4) is 0 Å². The largest absolute Gasteiger partial charge is 0.204 e. The topological polar surface area (TPSA) is 0 Å². The van der Waals surface area contributed by atoms with Gasteiger partial charge in [0.25, 0.3) is 0 Å². The Balaban J connectivity index is 2.17. The summed E-state index contributed by atoms with van der Waals surface area (Å²) in [5.74, 6) is -1.50. The van der Waals surface area contributed by atoms with Gasteiger partial charge in [0, 0.05) is 5.02 Å². The lowest BCUT2D eigenvalue weighted by Crippen LogP contribution is -2.11. The minimum Gasteiger partial charge on any atom is -0.204 e. The second-order valence-electron chi connectivity index (χ2n) is 5.29. The number of benzene rings is 1. The van der Waals surface area contributed by atoms with E-state index >= 15 is 0 Å². The predicted octanol–water partition coefficient (Wildman–Crippen LogP) is 6.26. The fourth-order valence-electron chi connectivity index (χ4n) is 2.78. The molecule has 0 spiro atoms. The molecule has 4 heteroatoms. The molecule has 1 aliphatic rings. The molecular formula is C15H18Cl2F2. The third-order valence-electron chi connectivity index (χ3n) is 3.90. The number of hydrogen-bond acceptors (Lipinski definition) is 0. The molecular weight excluding hydrogens is 289 g/mol. The van der Waals surface area contributed by atoms with Gasteiger partial charge in [-0.2, -0.15) is 0 Å². The van der Waals surface area contributed by atoms with Crippen molar-refractivity contribution in [3.63, 3.8) is 0 Å². The molecule has 0 bridgehead atoms. The minimum atomic E-state index is -0.921. The zero-order chi connectivity index (χ0) is 13.8.